The van der Waals surface area contributed by atoms with Crippen LogP contribution in [0.4, 0.5) is 14.5 Å². The molecule has 0 aromatic carbocycles. The number of nitrogens with one attached hydrogen (secondary N) is 1. The first-order valence-electron chi connectivity index (χ1n) is 4.03. The van der Waals surface area contributed by atoms with Gasteiger partial charge in [0.25, 0.3) is 17.7 Å². The van der Waals surface area contributed by atoms with E-state index in [-0.39, 0.29) is 0 Å². The Kier molecular flexibility index (Phi) is 3.30. The Morgan fingerprint density at radius 1 is 1.62 bits per heavy atom. The van der Waals surface area contributed by atoms with Gasteiger partial charge >= 0.3 is 0 Å². The molecule has 0 amide bonds. The lowest BCUT2D eigenvalue weighted by Crippen LogP contribution is -2.16. The Labute approximate surface area is 87.3 Å². The third kappa shape index (κ3) is 2.03. The van der Waals surface area contributed by atoms with Crippen LogP contribution >= 0.6 is 0 Å². The van der Waals surface area contributed by atoms with Gasteiger partial charge in [0.2, 0.25) is 0 Å². The Morgan fingerprint density at radius 3 is 2.69 bits per heavy atom. The molecule has 0 radical (unpaired) electrons. The van der Waals surface area contributed by atoms with Gasteiger partial charge < -0.3 is 4.98 Å². The maximum atomic E-state index is 12.4. The number of hydrogen-bond acceptors (Lipinski definition) is 4. The van der Waals surface area contributed by atoms with Crippen LogP contribution in [-0.4, -0.2) is 9.91 Å². The third-order valence-electron chi connectivity index (χ3n) is 1.87. The van der Waals surface area contributed by atoms with E-state index in [9.17, 15) is 23.7 Å². The Bertz CT molecular complexity index is 518. The van der Waals surface area contributed by atoms with Crippen molar-refractivity contribution in [3.63, 3.8) is 0 Å². The van der Waals surface area contributed by atoms with E-state index < -0.39 is 40.1 Å². The molecular weight excluding hydrogens is 224 g/mol. The number of nitrogens with zero attached hydrogens (tertiary/aromatic N) is 2. The van der Waals surface area contributed by atoms with Crippen molar-refractivity contribution in [1.29, 1.82) is 5.26 Å². The number of nitriles is 1. The molecule has 0 aliphatic rings. The Morgan fingerprint density at radius 2 is 2.25 bits per heavy atom. The zero-order chi connectivity index (χ0) is 12.3. The number of aromatic amines is 1. The molecule has 0 saturated heterocycles. The summed E-state index contributed by atoms with van der Waals surface area (Å²) in [6.45, 7) is 0. The van der Waals surface area contributed by atoms with Crippen molar-refractivity contribution in [3.05, 3.63) is 37.8 Å². The first-order chi connectivity index (χ1) is 7.49. The molecule has 1 N–H and O–H groups in total. The van der Waals surface area contributed by atoms with Crippen molar-refractivity contribution in [3.8, 4) is 6.07 Å². The average Bonchev–Trinajstić information content (AvgIpc) is 2.20. The molecule has 84 valence electrons. The van der Waals surface area contributed by atoms with Gasteiger partial charge in [-0.25, -0.2) is 8.78 Å². The fraction of sp³-hybridized carbons (Fsp3) is 0.250. The van der Waals surface area contributed by atoms with Gasteiger partial charge in [0.1, 0.15) is 11.1 Å². The molecule has 8 heteroatoms. The smallest absolute Gasteiger partial charge is 0.289 e. The standard InChI is InChI=1S/C8H5F2N3O3/c9-7(10)5-3-12-8(14)4(1-2-11)6(5)13(15)16/h3,7H,1H2,(H,12,14). The first kappa shape index (κ1) is 11.8. The van der Waals surface area contributed by atoms with Crippen LogP contribution in [0, 0.1) is 21.4 Å². The van der Waals surface area contributed by atoms with E-state index in [1.807, 2.05) is 4.98 Å². The number of hydrogen-bond donors (Lipinski definition) is 1. The minimum Gasteiger partial charge on any atom is -0.328 e. The summed E-state index contributed by atoms with van der Waals surface area (Å²) in [6, 6.07) is 1.52. The molecule has 0 unspecified atom stereocenters. The fourth-order valence-corrected chi connectivity index (χ4v) is 1.21. The number of aromatic nitrogens is 1. The maximum absolute atomic E-state index is 12.4. The molecule has 0 fully saturated rings. The van der Waals surface area contributed by atoms with E-state index in [0.29, 0.717) is 6.20 Å². The van der Waals surface area contributed by atoms with Crippen LogP contribution in [0.15, 0.2) is 11.0 Å². The van der Waals surface area contributed by atoms with Gasteiger partial charge in [-0.2, -0.15) is 5.26 Å². The molecule has 16 heavy (non-hydrogen) atoms. The van der Waals surface area contributed by atoms with Crippen molar-refractivity contribution in [2.24, 2.45) is 0 Å². The Balaban J connectivity index is 3.58. The van der Waals surface area contributed by atoms with Gasteiger partial charge in [0.05, 0.1) is 17.4 Å². The molecule has 6 nitrogen and oxygen atoms in total. The van der Waals surface area contributed by atoms with Gasteiger partial charge in [-0.05, 0) is 0 Å². The van der Waals surface area contributed by atoms with E-state index in [1.165, 1.54) is 6.07 Å². The first-order valence-corrected chi connectivity index (χ1v) is 4.03. The predicted octanol–water partition coefficient (Wildman–Crippen LogP) is 1.29. The van der Waals surface area contributed by atoms with Crippen LogP contribution in [0.1, 0.15) is 17.6 Å². The number of rotatable bonds is 3. The molecular formula is C8H5F2N3O3. The lowest BCUT2D eigenvalue weighted by molar-refractivity contribution is -0.387. The van der Waals surface area contributed by atoms with Crippen LogP contribution in [-0.2, 0) is 6.42 Å². The number of pyridine rings is 1. The molecule has 0 aliphatic carbocycles. The molecule has 0 aliphatic heterocycles. The van der Waals surface area contributed by atoms with Crippen LogP contribution < -0.4 is 5.56 Å². The average molecular weight is 229 g/mol. The number of H-pyrrole nitrogens is 1. The van der Waals surface area contributed by atoms with Crippen molar-refractivity contribution in [2.45, 2.75) is 12.8 Å². The highest BCUT2D eigenvalue weighted by Crippen LogP contribution is 2.29. The molecule has 0 bridgehead atoms. The van der Waals surface area contributed by atoms with E-state index in [1.54, 1.807) is 0 Å². The van der Waals surface area contributed by atoms with Crippen molar-refractivity contribution in [1.82, 2.24) is 4.98 Å². The summed E-state index contributed by atoms with van der Waals surface area (Å²) >= 11 is 0. The third-order valence-corrected chi connectivity index (χ3v) is 1.87. The van der Waals surface area contributed by atoms with Crippen molar-refractivity contribution < 1.29 is 13.7 Å². The van der Waals surface area contributed by atoms with Crippen LogP contribution in [0.5, 0.6) is 0 Å². The van der Waals surface area contributed by atoms with Gasteiger partial charge in [-0.1, -0.05) is 0 Å². The number of nitro groups is 1. The van der Waals surface area contributed by atoms with Crippen LogP contribution in [0.2, 0.25) is 0 Å². The zero-order valence-electron chi connectivity index (χ0n) is 7.74. The fourth-order valence-electron chi connectivity index (χ4n) is 1.21. The largest absolute Gasteiger partial charge is 0.328 e. The van der Waals surface area contributed by atoms with Gasteiger partial charge in [-0.3, -0.25) is 14.9 Å². The number of alkyl halides is 2. The molecule has 0 saturated carbocycles. The van der Waals surface area contributed by atoms with E-state index in [2.05, 4.69) is 0 Å². The summed E-state index contributed by atoms with van der Waals surface area (Å²) in [7, 11) is 0. The molecule has 0 atom stereocenters. The second-order valence-corrected chi connectivity index (χ2v) is 2.79. The maximum Gasteiger partial charge on any atom is 0.289 e. The molecule has 1 heterocycles. The monoisotopic (exact) mass is 229 g/mol. The van der Waals surface area contributed by atoms with E-state index >= 15 is 0 Å². The second kappa shape index (κ2) is 4.48. The van der Waals surface area contributed by atoms with Gasteiger partial charge in [0.15, 0.2) is 0 Å². The van der Waals surface area contributed by atoms with E-state index in [0.717, 1.165) is 0 Å². The highest BCUT2D eigenvalue weighted by atomic mass is 19.3. The highest BCUT2D eigenvalue weighted by Gasteiger charge is 2.27. The summed E-state index contributed by atoms with van der Waals surface area (Å²) in [4.78, 5) is 22.6. The minimum atomic E-state index is -3.09. The summed E-state index contributed by atoms with van der Waals surface area (Å²) < 4.78 is 24.9. The SMILES string of the molecule is N#CCc1c([N+](=O)[O-])c(C(F)F)c[nH]c1=O. The molecule has 1 aromatic heterocycles. The number of halogens is 2. The zero-order valence-corrected chi connectivity index (χ0v) is 7.74. The normalized spacial score (nSPS) is 10.1. The quantitative estimate of drug-likeness (QED) is 0.623. The van der Waals surface area contributed by atoms with Crippen molar-refractivity contribution >= 4 is 5.69 Å². The highest BCUT2D eigenvalue weighted by molar-refractivity contribution is 5.47. The topological polar surface area (TPSA) is 99.8 Å². The summed E-state index contributed by atoms with van der Waals surface area (Å²) in [5.41, 5.74) is -3.34. The van der Waals surface area contributed by atoms with Crippen LogP contribution in [0.25, 0.3) is 0 Å². The Hall–Kier alpha value is -2.30. The molecule has 1 aromatic rings. The molecule has 1 rings (SSSR count). The summed E-state index contributed by atoms with van der Waals surface area (Å²) in [5, 5.41) is 19.0. The van der Waals surface area contributed by atoms with Crippen LogP contribution in [0.3, 0.4) is 0 Å². The predicted molar refractivity (Wildman–Crippen MR) is 48.0 cm³/mol. The molecule has 0 spiro atoms. The van der Waals surface area contributed by atoms with Crippen molar-refractivity contribution in [2.75, 3.05) is 0 Å². The van der Waals surface area contributed by atoms with Gasteiger partial charge in [-0.15, -0.1) is 0 Å². The lowest BCUT2D eigenvalue weighted by Gasteiger charge is -2.03. The lowest BCUT2D eigenvalue weighted by atomic mass is 10.1. The van der Waals surface area contributed by atoms with E-state index in [4.69, 9.17) is 5.26 Å². The summed E-state index contributed by atoms with van der Waals surface area (Å²) in [6.07, 6.45) is -3.09. The summed E-state index contributed by atoms with van der Waals surface area (Å²) in [5.74, 6) is 0. The minimum absolute atomic E-state index is 0.551. The van der Waals surface area contributed by atoms with Gasteiger partial charge in [0, 0.05) is 6.20 Å². The second-order valence-electron chi connectivity index (χ2n) is 2.79.